The number of aliphatic imine (C=N–C) groups is 1. The normalized spacial score (nSPS) is 22.8. The lowest BCUT2D eigenvalue weighted by Gasteiger charge is -2.29. The van der Waals surface area contributed by atoms with E-state index in [2.05, 4.69) is 10.3 Å². The van der Waals surface area contributed by atoms with Crippen molar-refractivity contribution in [1.29, 1.82) is 0 Å². The Morgan fingerprint density at radius 2 is 1.83 bits per heavy atom. The standard InChI is InChI=1S/C18H21N3O8/c22-12(14(24)15(25)18(28)29)6-19-10-3-1-2-8-9(10)7-21(17(8)27)11-4-5-13(23)20-16(11)26/h1-3,6,11-12,14-15,18,22,24-25,28-29H,4-5,7H2,(H,20,23,26)/t11?,12-,14+,15-/m0/s1. The summed E-state index contributed by atoms with van der Waals surface area (Å²) >= 11 is 0. The number of amides is 3. The van der Waals surface area contributed by atoms with E-state index in [0.29, 0.717) is 16.8 Å². The highest BCUT2D eigenvalue weighted by atomic mass is 16.5. The molecule has 29 heavy (non-hydrogen) atoms. The summed E-state index contributed by atoms with van der Waals surface area (Å²) in [5, 5.41) is 48.9. The molecule has 11 heteroatoms. The number of nitrogens with zero attached hydrogens (tertiary/aromatic N) is 2. The van der Waals surface area contributed by atoms with Gasteiger partial charge in [-0.3, -0.25) is 24.7 Å². The van der Waals surface area contributed by atoms with Gasteiger partial charge in [0, 0.05) is 30.3 Å². The van der Waals surface area contributed by atoms with Gasteiger partial charge in [0.25, 0.3) is 5.91 Å². The van der Waals surface area contributed by atoms with Crippen LogP contribution >= 0.6 is 0 Å². The van der Waals surface area contributed by atoms with Gasteiger partial charge >= 0.3 is 0 Å². The zero-order valence-electron chi connectivity index (χ0n) is 15.2. The molecule has 2 aliphatic heterocycles. The second kappa shape index (κ2) is 8.35. The Hall–Kier alpha value is -2.70. The van der Waals surface area contributed by atoms with Crippen LogP contribution in [0.2, 0.25) is 0 Å². The largest absolute Gasteiger partial charge is 0.387 e. The molecule has 0 spiro atoms. The number of piperidine rings is 1. The number of carbonyl (C=O) groups excluding carboxylic acids is 3. The second-order valence-corrected chi connectivity index (χ2v) is 6.87. The summed E-state index contributed by atoms with van der Waals surface area (Å²) in [5.41, 5.74) is 1.13. The molecule has 1 aromatic rings. The van der Waals surface area contributed by atoms with Crippen LogP contribution < -0.4 is 5.32 Å². The summed E-state index contributed by atoms with van der Waals surface area (Å²) < 4.78 is 0. The molecule has 11 nitrogen and oxygen atoms in total. The van der Waals surface area contributed by atoms with Crippen LogP contribution in [0.1, 0.15) is 28.8 Å². The Labute approximate surface area is 164 Å². The van der Waals surface area contributed by atoms with Crippen molar-refractivity contribution in [2.75, 3.05) is 0 Å². The van der Waals surface area contributed by atoms with E-state index in [1.807, 2.05) is 0 Å². The van der Waals surface area contributed by atoms with Gasteiger partial charge in [0.05, 0.1) is 5.69 Å². The topological polar surface area (TPSA) is 180 Å². The number of aliphatic hydroxyl groups excluding tert-OH is 4. The van der Waals surface area contributed by atoms with Gasteiger partial charge < -0.3 is 30.4 Å². The number of imide groups is 1. The van der Waals surface area contributed by atoms with E-state index in [1.165, 1.54) is 4.90 Å². The van der Waals surface area contributed by atoms with Gasteiger partial charge in [-0.25, -0.2) is 0 Å². The van der Waals surface area contributed by atoms with E-state index in [1.54, 1.807) is 18.2 Å². The fourth-order valence-electron chi connectivity index (χ4n) is 3.31. The maximum absolute atomic E-state index is 12.7. The highest BCUT2D eigenvalue weighted by molar-refractivity contribution is 6.06. The Morgan fingerprint density at radius 3 is 2.48 bits per heavy atom. The average Bonchev–Trinajstić information content (AvgIpc) is 3.02. The molecule has 2 heterocycles. The molecule has 156 valence electrons. The first-order chi connectivity index (χ1) is 13.7. The molecular weight excluding hydrogens is 386 g/mol. The van der Waals surface area contributed by atoms with Crippen LogP contribution in [0, 0.1) is 0 Å². The van der Waals surface area contributed by atoms with Crippen molar-refractivity contribution in [1.82, 2.24) is 10.2 Å². The predicted molar refractivity (Wildman–Crippen MR) is 96.9 cm³/mol. The summed E-state index contributed by atoms with van der Waals surface area (Å²) in [7, 11) is 0. The fourth-order valence-corrected chi connectivity index (χ4v) is 3.31. The minimum absolute atomic E-state index is 0.0740. The van der Waals surface area contributed by atoms with E-state index < -0.39 is 36.6 Å². The molecule has 0 saturated carbocycles. The maximum Gasteiger partial charge on any atom is 0.255 e. The zero-order chi connectivity index (χ0) is 21.3. The van der Waals surface area contributed by atoms with Gasteiger partial charge in [-0.15, -0.1) is 0 Å². The SMILES string of the molecule is O=C1CCC(N2Cc3c(N=C[C@H](O)[C@@H](O)[C@H](O)C(O)O)cccc3C2=O)C(=O)N1. The number of aliphatic hydroxyl groups is 5. The highest BCUT2D eigenvalue weighted by Gasteiger charge is 2.39. The molecule has 3 rings (SSSR count). The van der Waals surface area contributed by atoms with Crippen molar-refractivity contribution in [3.63, 3.8) is 0 Å². The molecule has 1 aromatic carbocycles. The third kappa shape index (κ3) is 4.18. The summed E-state index contributed by atoms with van der Waals surface area (Å²) in [4.78, 5) is 41.5. The summed E-state index contributed by atoms with van der Waals surface area (Å²) in [6, 6.07) is 3.91. The molecule has 1 fully saturated rings. The van der Waals surface area contributed by atoms with Crippen molar-refractivity contribution >= 4 is 29.6 Å². The minimum Gasteiger partial charge on any atom is -0.387 e. The Balaban J connectivity index is 1.79. The first-order valence-corrected chi connectivity index (χ1v) is 8.91. The lowest BCUT2D eigenvalue weighted by atomic mass is 10.0. The molecule has 0 aromatic heterocycles. The monoisotopic (exact) mass is 407 g/mol. The number of nitrogens with one attached hydrogen (secondary N) is 1. The van der Waals surface area contributed by atoms with E-state index in [-0.39, 0.29) is 31.2 Å². The Kier molecular flexibility index (Phi) is 6.05. The lowest BCUT2D eigenvalue weighted by molar-refractivity contribution is -0.169. The Bertz CT molecular complexity index is 856. The van der Waals surface area contributed by atoms with Gasteiger partial charge in [0.1, 0.15) is 24.4 Å². The highest BCUT2D eigenvalue weighted by Crippen LogP contribution is 2.33. The fraction of sp³-hybridized carbons (Fsp3) is 0.444. The van der Waals surface area contributed by atoms with Crippen molar-refractivity contribution in [3.05, 3.63) is 29.3 Å². The van der Waals surface area contributed by atoms with Gasteiger partial charge in [-0.2, -0.15) is 0 Å². The van der Waals surface area contributed by atoms with Crippen LogP contribution in [-0.4, -0.2) is 85.0 Å². The first kappa shape index (κ1) is 21.0. The molecule has 6 N–H and O–H groups in total. The van der Waals surface area contributed by atoms with Crippen LogP contribution in [0.4, 0.5) is 5.69 Å². The lowest BCUT2D eigenvalue weighted by Crippen LogP contribution is -2.52. The molecule has 3 amide bonds. The predicted octanol–water partition coefficient (Wildman–Crippen LogP) is -2.46. The molecule has 0 aliphatic carbocycles. The maximum atomic E-state index is 12.7. The first-order valence-electron chi connectivity index (χ1n) is 8.91. The Morgan fingerprint density at radius 1 is 1.10 bits per heavy atom. The molecule has 4 atom stereocenters. The van der Waals surface area contributed by atoms with Gasteiger partial charge in [0.2, 0.25) is 11.8 Å². The molecule has 2 aliphatic rings. The van der Waals surface area contributed by atoms with E-state index >= 15 is 0 Å². The van der Waals surface area contributed by atoms with Crippen molar-refractivity contribution in [2.24, 2.45) is 4.99 Å². The quantitative estimate of drug-likeness (QED) is 0.171. The molecular formula is C18H21N3O8. The second-order valence-electron chi connectivity index (χ2n) is 6.87. The van der Waals surface area contributed by atoms with E-state index in [0.717, 1.165) is 6.21 Å². The van der Waals surface area contributed by atoms with E-state index in [4.69, 9.17) is 10.2 Å². The van der Waals surface area contributed by atoms with Crippen LogP contribution in [-0.2, 0) is 16.1 Å². The van der Waals surface area contributed by atoms with Crippen LogP contribution in [0.3, 0.4) is 0 Å². The summed E-state index contributed by atoms with van der Waals surface area (Å²) in [6.07, 6.45) is -6.58. The van der Waals surface area contributed by atoms with Crippen molar-refractivity contribution < 1.29 is 39.9 Å². The van der Waals surface area contributed by atoms with Crippen molar-refractivity contribution in [2.45, 2.75) is 50.0 Å². The molecule has 0 bridgehead atoms. The molecule has 0 radical (unpaired) electrons. The third-order valence-electron chi connectivity index (χ3n) is 4.93. The van der Waals surface area contributed by atoms with Crippen LogP contribution in [0.25, 0.3) is 0 Å². The van der Waals surface area contributed by atoms with E-state index in [9.17, 15) is 29.7 Å². The number of rotatable bonds is 6. The van der Waals surface area contributed by atoms with Gasteiger partial charge in [-0.05, 0) is 18.6 Å². The number of hydrogen-bond donors (Lipinski definition) is 6. The number of carbonyl (C=O) groups is 3. The summed E-state index contributed by atoms with van der Waals surface area (Å²) in [6.45, 7) is 0.0740. The smallest absolute Gasteiger partial charge is 0.255 e. The zero-order valence-corrected chi connectivity index (χ0v) is 15.2. The number of hydrogen-bond acceptors (Lipinski definition) is 9. The number of benzene rings is 1. The van der Waals surface area contributed by atoms with Gasteiger partial charge in [-0.1, -0.05) is 6.07 Å². The van der Waals surface area contributed by atoms with Gasteiger partial charge in [0.15, 0.2) is 6.29 Å². The molecule has 1 unspecified atom stereocenters. The average molecular weight is 407 g/mol. The van der Waals surface area contributed by atoms with Crippen molar-refractivity contribution in [3.8, 4) is 0 Å². The third-order valence-corrected chi connectivity index (χ3v) is 4.93. The number of fused-ring (bicyclic) bond motifs is 1. The minimum atomic E-state index is -2.24. The summed E-state index contributed by atoms with van der Waals surface area (Å²) in [5.74, 6) is -1.31. The van der Waals surface area contributed by atoms with Crippen LogP contribution in [0.15, 0.2) is 23.2 Å². The van der Waals surface area contributed by atoms with Crippen LogP contribution in [0.5, 0.6) is 0 Å². The molecule has 1 saturated heterocycles.